The fourth-order valence-electron chi connectivity index (χ4n) is 1.09. The second-order valence-corrected chi connectivity index (χ2v) is 2.80. The molecule has 0 aliphatic carbocycles. The lowest BCUT2D eigenvalue weighted by molar-refractivity contribution is -0.109. The van der Waals surface area contributed by atoms with Crippen LogP contribution in [0.5, 0.6) is 0 Å². The largest absolute Gasteiger partial charge is 0.465 e. The van der Waals surface area contributed by atoms with Crippen LogP contribution in [-0.4, -0.2) is 19.5 Å². The molecule has 0 saturated heterocycles. The van der Waals surface area contributed by atoms with Crippen LogP contribution in [0.4, 0.5) is 4.39 Å². The highest BCUT2D eigenvalue weighted by atomic mass is 19.1. The van der Waals surface area contributed by atoms with Gasteiger partial charge >= 0.3 is 5.97 Å². The van der Waals surface area contributed by atoms with Crippen molar-refractivity contribution in [2.75, 3.05) is 7.11 Å². The topological polar surface area (TPSA) is 55.4 Å². The summed E-state index contributed by atoms with van der Waals surface area (Å²) in [7, 11) is 1.22. The first-order chi connectivity index (χ1) is 7.19. The van der Waals surface area contributed by atoms with E-state index in [0.29, 0.717) is 12.0 Å². The number of methoxy groups -OCH3 is 1. The lowest BCUT2D eigenvalue weighted by Crippen LogP contribution is -2.12. The third-order valence-electron chi connectivity index (χ3n) is 1.85. The van der Waals surface area contributed by atoms with E-state index in [1.165, 1.54) is 19.2 Å². The molecule has 0 spiro atoms. The molecule has 0 aromatic heterocycles. The van der Waals surface area contributed by atoms with Gasteiger partial charge in [-0.3, -0.25) is 4.79 Å². The molecule has 1 aromatic rings. The summed E-state index contributed by atoms with van der Waals surface area (Å²) in [4.78, 5) is 21.0. The average Bonchev–Trinajstić information content (AvgIpc) is 2.26. The van der Waals surface area contributed by atoms with Crippen molar-refractivity contribution in [3.05, 3.63) is 35.1 Å². The lowest BCUT2D eigenvalue weighted by Gasteiger charge is -2.04. The van der Waals surface area contributed by atoms with E-state index in [0.717, 1.165) is 6.07 Å². The maximum absolute atomic E-state index is 13.3. The van der Waals surface area contributed by atoms with Crippen molar-refractivity contribution in [2.45, 2.75) is 6.54 Å². The van der Waals surface area contributed by atoms with Crippen molar-refractivity contribution in [1.29, 1.82) is 0 Å². The number of carbonyl (C=O) groups excluding carboxylic acids is 2. The molecule has 80 valence electrons. The van der Waals surface area contributed by atoms with Gasteiger partial charge in [0.2, 0.25) is 6.41 Å². The Morgan fingerprint density at radius 1 is 1.60 bits per heavy atom. The maximum Gasteiger partial charge on any atom is 0.337 e. The van der Waals surface area contributed by atoms with Crippen molar-refractivity contribution in [1.82, 2.24) is 5.32 Å². The van der Waals surface area contributed by atoms with Crippen LogP contribution < -0.4 is 5.32 Å². The molecule has 1 rings (SSSR count). The lowest BCUT2D eigenvalue weighted by atomic mass is 10.1. The van der Waals surface area contributed by atoms with Gasteiger partial charge in [0.1, 0.15) is 5.82 Å². The first-order valence-corrected chi connectivity index (χ1v) is 4.22. The first-order valence-electron chi connectivity index (χ1n) is 4.22. The molecule has 1 aromatic carbocycles. The van der Waals surface area contributed by atoms with Crippen molar-refractivity contribution in [3.63, 3.8) is 0 Å². The van der Waals surface area contributed by atoms with E-state index >= 15 is 0 Å². The summed E-state index contributed by atoms with van der Waals surface area (Å²) >= 11 is 0. The predicted molar refractivity (Wildman–Crippen MR) is 50.6 cm³/mol. The molecule has 0 bridgehead atoms. The summed E-state index contributed by atoms with van der Waals surface area (Å²) < 4.78 is 17.7. The molecule has 0 saturated carbocycles. The monoisotopic (exact) mass is 211 g/mol. The van der Waals surface area contributed by atoms with Gasteiger partial charge in [-0.2, -0.15) is 0 Å². The van der Waals surface area contributed by atoms with Crippen LogP contribution in [0.1, 0.15) is 15.9 Å². The number of esters is 1. The van der Waals surface area contributed by atoms with Crippen LogP contribution in [0.3, 0.4) is 0 Å². The van der Waals surface area contributed by atoms with Crippen LogP contribution >= 0.6 is 0 Å². The van der Waals surface area contributed by atoms with E-state index in [2.05, 4.69) is 10.1 Å². The molecule has 0 unspecified atom stereocenters. The summed E-state index contributed by atoms with van der Waals surface area (Å²) in [5, 5.41) is 2.33. The van der Waals surface area contributed by atoms with Crippen LogP contribution in [0.2, 0.25) is 0 Å². The third kappa shape index (κ3) is 2.77. The van der Waals surface area contributed by atoms with E-state index in [9.17, 15) is 14.0 Å². The van der Waals surface area contributed by atoms with Gasteiger partial charge in [0, 0.05) is 12.1 Å². The highest BCUT2D eigenvalue weighted by Gasteiger charge is 2.09. The van der Waals surface area contributed by atoms with Crippen molar-refractivity contribution >= 4 is 12.4 Å². The molecule has 0 heterocycles. The SMILES string of the molecule is COC(=O)c1ccc(CNC=O)c(F)c1. The number of amides is 1. The number of hydrogen-bond acceptors (Lipinski definition) is 3. The fraction of sp³-hybridized carbons (Fsp3) is 0.200. The smallest absolute Gasteiger partial charge is 0.337 e. The van der Waals surface area contributed by atoms with E-state index < -0.39 is 11.8 Å². The molecule has 4 nitrogen and oxygen atoms in total. The Balaban J connectivity index is 2.87. The molecule has 1 N–H and O–H groups in total. The Morgan fingerprint density at radius 2 is 2.33 bits per heavy atom. The van der Waals surface area contributed by atoms with Crippen LogP contribution in [0.15, 0.2) is 18.2 Å². The molecule has 5 heteroatoms. The molecular weight excluding hydrogens is 201 g/mol. The Bertz CT molecular complexity index is 379. The van der Waals surface area contributed by atoms with Gasteiger partial charge in [-0.05, 0) is 12.1 Å². The zero-order valence-corrected chi connectivity index (χ0v) is 8.12. The molecule has 0 atom stereocenters. The second-order valence-electron chi connectivity index (χ2n) is 2.80. The Labute approximate surface area is 86.0 Å². The molecule has 0 aliphatic rings. The highest BCUT2D eigenvalue weighted by Crippen LogP contribution is 2.11. The van der Waals surface area contributed by atoms with Crippen LogP contribution in [-0.2, 0) is 16.1 Å². The predicted octanol–water partition coefficient (Wildman–Crippen LogP) is 0.858. The van der Waals surface area contributed by atoms with E-state index in [4.69, 9.17) is 0 Å². The van der Waals surface area contributed by atoms with E-state index in [1.54, 1.807) is 0 Å². The van der Waals surface area contributed by atoms with Crippen molar-refractivity contribution < 1.29 is 18.7 Å². The summed E-state index contributed by atoms with van der Waals surface area (Å²) in [6.07, 6.45) is 0.480. The number of hydrogen-bond donors (Lipinski definition) is 1. The van der Waals surface area contributed by atoms with E-state index in [1.807, 2.05) is 0 Å². The van der Waals surface area contributed by atoms with Gasteiger partial charge in [0.05, 0.1) is 12.7 Å². The number of nitrogens with one attached hydrogen (secondary N) is 1. The van der Waals surface area contributed by atoms with Gasteiger partial charge in [-0.1, -0.05) is 6.07 Å². The third-order valence-corrected chi connectivity index (χ3v) is 1.85. The number of rotatable bonds is 4. The standard InChI is InChI=1S/C10H10FNO3/c1-15-10(14)7-2-3-8(5-12-6-13)9(11)4-7/h2-4,6H,5H2,1H3,(H,12,13). The summed E-state index contributed by atoms with van der Waals surface area (Å²) in [6, 6.07) is 3.95. The van der Waals surface area contributed by atoms with Gasteiger partial charge in [-0.25, -0.2) is 9.18 Å². The van der Waals surface area contributed by atoms with Gasteiger partial charge in [0.15, 0.2) is 0 Å². The van der Waals surface area contributed by atoms with Gasteiger partial charge in [-0.15, -0.1) is 0 Å². The summed E-state index contributed by atoms with van der Waals surface area (Å²) in [5.41, 5.74) is 0.458. The fourth-order valence-corrected chi connectivity index (χ4v) is 1.09. The minimum absolute atomic E-state index is 0.0940. The quantitative estimate of drug-likeness (QED) is 0.593. The Morgan fingerprint density at radius 3 is 2.87 bits per heavy atom. The Hall–Kier alpha value is -1.91. The number of halogens is 1. The van der Waals surface area contributed by atoms with Crippen LogP contribution in [0.25, 0.3) is 0 Å². The molecular formula is C10H10FNO3. The maximum atomic E-state index is 13.3. The Kier molecular flexibility index (Phi) is 3.79. The number of ether oxygens (including phenoxy) is 1. The van der Waals surface area contributed by atoms with Gasteiger partial charge in [0.25, 0.3) is 0 Å². The minimum Gasteiger partial charge on any atom is -0.465 e. The summed E-state index contributed by atoms with van der Waals surface area (Å²) in [6.45, 7) is 0.0940. The highest BCUT2D eigenvalue weighted by molar-refractivity contribution is 5.89. The molecule has 0 radical (unpaired) electrons. The zero-order valence-electron chi connectivity index (χ0n) is 8.12. The second kappa shape index (κ2) is 5.09. The van der Waals surface area contributed by atoms with Crippen LogP contribution in [0, 0.1) is 5.82 Å². The molecule has 0 fully saturated rings. The number of carbonyl (C=O) groups is 2. The molecule has 1 amide bonds. The van der Waals surface area contributed by atoms with Gasteiger partial charge < -0.3 is 10.1 Å². The van der Waals surface area contributed by atoms with Crippen molar-refractivity contribution in [2.24, 2.45) is 0 Å². The van der Waals surface area contributed by atoms with Crippen molar-refractivity contribution in [3.8, 4) is 0 Å². The molecule has 0 aliphatic heterocycles. The first kappa shape index (κ1) is 11.2. The number of benzene rings is 1. The normalized spacial score (nSPS) is 9.47. The zero-order chi connectivity index (χ0) is 11.3. The summed E-state index contributed by atoms with van der Waals surface area (Å²) in [5.74, 6) is -1.14. The minimum atomic E-state index is -0.594. The average molecular weight is 211 g/mol. The van der Waals surface area contributed by atoms with E-state index in [-0.39, 0.29) is 12.1 Å². The molecule has 15 heavy (non-hydrogen) atoms.